The van der Waals surface area contributed by atoms with Gasteiger partial charge >= 0.3 is 11.9 Å². The second-order valence-corrected chi connectivity index (χ2v) is 12.4. The average molecular weight is 615 g/mol. The van der Waals surface area contributed by atoms with Crippen LogP contribution in [-0.2, 0) is 14.3 Å². The quantitative estimate of drug-likeness (QED) is 0.0454. The number of hydrogen-bond donors (Lipinski definition) is 1. The summed E-state index contributed by atoms with van der Waals surface area (Å²) in [6.07, 6.45) is 47.1. The van der Waals surface area contributed by atoms with Crippen molar-refractivity contribution >= 4 is 11.9 Å². The van der Waals surface area contributed by atoms with Crippen LogP contribution < -0.4 is 0 Å². The highest BCUT2D eigenvalue weighted by molar-refractivity contribution is 5.69. The van der Waals surface area contributed by atoms with E-state index in [1.807, 2.05) is 0 Å². The lowest BCUT2D eigenvalue weighted by molar-refractivity contribution is -0.150. The number of rotatable bonds is 33. The van der Waals surface area contributed by atoms with Gasteiger partial charge in [0.2, 0.25) is 0 Å². The van der Waals surface area contributed by atoms with Crippen LogP contribution in [0.2, 0.25) is 0 Å². The monoisotopic (exact) mass is 615 g/mol. The van der Waals surface area contributed by atoms with Gasteiger partial charge in [-0.25, -0.2) is 0 Å². The molecule has 0 rings (SSSR count). The maximum absolute atomic E-state index is 12.5. The number of ether oxygens (including phenoxy) is 1. The molecule has 0 radical (unpaired) electrons. The maximum atomic E-state index is 12.5. The third-order valence-corrected chi connectivity index (χ3v) is 8.05. The van der Waals surface area contributed by atoms with Crippen LogP contribution >= 0.6 is 0 Å². The molecule has 0 aliphatic rings. The number of carboxylic acid groups (broad SMARTS) is 1. The average Bonchev–Trinajstić information content (AvgIpc) is 3.00. The molecule has 0 saturated carbocycles. The van der Waals surface area contributed by atoms with E-state index < -0.39 is 5.97 Å². The van der Waals surface area contributed by atoms with Gasteiger partial charge in [0.1, 0.15) is 6.10 Å². The fourth-order valence-corrected chi connectivity index (χ4v) is 5.28. The molecule has 254 valence electrons. The lowest BCUT2D eigenvalue weighted by Crippen LogP contribution is -2.18. The summed E-state index contributed by atoms with van der Waals surface area (Å²) in [6.45, 7) is 4.48. The van der Waals surface area contributed by atoms with Crippen molar-refractivity contribution in [3.05, 3.63) is 48.6 Å². The van der Waals surface area contributed by atoms with Crippen LogP contribution in [0.25, 0.3) is 0 Å². The zero-order chi connectivity index (χ0) is 32.2. The summed E-state index contributed by atoms with van der Waals surface area (Å²) in [5.41, 5.74) is 0. The van der Waals surface area contributed by atoms with Gasteiger partial charge in [0, 0.05) is 12.8 Å². The molecular formula is C40H70O4. The summed E-state index contributed by atoms with van der Waals surface area (Å²) < 4.78 is 5.92. The largest absolute Gasteiger partial charge is 0.481 e. The highest BCUT2D eigenvalue weighted by Crippen LogP contribution is 2.18. The van der Waals surface area contributed by atoms with Crippen LogP contribution in [0.3, 0.4) is 0 Å². The van der Waals surface area contributed by atoms with Crippen LogP contribution in [0.1, 0.15) is 187 Å². The van der Waals surface area contributed by atoms with Crippen molar-refractivity contribution in [2.24, 2.45) is 0 Å². The van der Waals surface area contributed by atoms with Crippen LogP contribution in [0, 0.1) is 0 Å². The summed E-state index contributed by atoms with van der Waals surface area (Å²) in [7, 11) is 0. The van der Waals surface area contributed by atoms with Crippen LogP contribution in [0.4, 0.5) is 0 Å². The van der Waals surface area contributed by atoms with E-state index in [1.165, 1.54) is 70.6 Å². The number of aliphatic carboxylic acids is 1. The Kier molecular flexibility index (Phi) is 33.7. The van der Waals surface area contributed by atoms with Gasteiger partial charge in [-0.05, 0) is 83.5 Å². The summed E-state index contributed by atoms with van der Waals surface area (Å²) >= 11 is 0. The smallest absolute Gasteiger partial charge is 0.306 e. The molecule has 0 amide bonds. The summed E-state index contributed by atoms with van der Waals surface area (Å²) in [5, 5.41) is 8.76. The predicted octanol–water partition coefficient (Wildman–Crippen LogP) is 12.8. The highest BCUT2D eigenvalue weighted by Gasteiger charge is 2.14. The van der Waals surface area contributed by atoms with Crippen molar-refractivity contribution in [1.82, 2.24) is 0 Å². The zero-order valence-electron chi connectivity index (χ0n) is 29.0. The van der Waals surface area contributed by atoms with E-state index in [9.17, 15) is 9.59 Å². The lowest BCUT2D eigenvalue weighted by atomic mass is 10.0. The molecule has 0 aromatic rings. The molecule has 0 saturated heterocycles. The first-order valence-electron chi connectivity index (χ1n) is 18.6. The molecule has 0 aliphatic heterocycles. The summed E-state index contributed by atoms with van der Waals surface area (Å²) in [5.74, 6) is -0.728. The van der Waals surface area contributed by atoms with E-state index in [1.54, 1.807) is 0 Å². The van der Waals surface area contributed by atoms with Crippen molar-refractivity contribution in [2.75, 3.05) is 0 Å². The predicted molar refractivity (Wildman–Crippen MR) is 190 cm³/mol. The lowest BCUT2D eigenvalue weighted by Gasteiger charge is -2.18. The minimum Gasteiger partial charge on any atom is -0.481 e. The first kappa shape index (κ1) is 41.9. The second-order valence-electron chi connectivity index (χ2n) is 12.4. The standard InChI is InChI=1S/C40H70O4/c1-3-5-7-9-10-11-12-13-14-15-16-17-18-19-20-21-22-23-24-29-33-37-40(43)44-38(34-30-26-8-6-4-2)35-31-27-25-28-32-36-39(41)42/h10-11,13-14,16-17,19-20,38H,3-9,12,15,18,21-37H2,1-2H3,(H,41,42)/b11-10-,14-13-,17-16-,20-19-. The molecule has 0 spiro atoms. The number of allylic oxidation sites excluding steroid dienone is 8. The Morgan fingerprint density at radius 3 is 1.41 bits per heavy atom. The minimum atomic E-state index is -0.706. The van der Waals surface area contributed by atoms with Gasteiger partial charge in [-0.3, -0.25) is 9.59 Å². The SMILES string of the molecule is CCCCC/C=C\C/C=C\C/C=C\C/C=C\CCCCCCCC(=O)OC(CCCCCCC)CCCCCCCC(=O)O. The van der Waals surface area contributed by atoms with Crippen molar-refractivity contribution in [1.29, 1.82) is 0 Å². The van der Waals surface area contributed by atoms with Gasteiger partial charge in [-0.15, -0.1) is 0 Å². The van der Waals surface area contributed by atoms with E-state index >= 15 is 0 Å². The topological polar surface area (TPSA) is 63.6 Å². The first-order chi connectivity index (χ1) is 21.6. The van der Waals surface area contributed by atoms with E-state index in [0.29, 0.717) is 6.42 Å². The molecule has 1 atom stereocenters. The molecule has 4 nitrogen and oxygen atoms in total. The molecular weight excluding hydrogens is 544 g/mol. The maximum Gasteiger partial charge on any atom is 0.306 e. The Bertz CT molecular complexity index is 748. The minimum absolute atomic E-state index is 0.0221. The number of carbonyl (C=O) groups excluding carboxylic acids is 1. The molecule has 0 fully saturated rings. The van der Waals surface area contributed by atoms with E-state index in [0.717, 1.165) is 89.9 Å². The van der Waals surface area contributed by atoms with E-state index in [4.69, 9.17) is 9.84 Å². The van der Waals surface area contributed by atoms with Crippen LogP contribution in [-0.4, -0.2) is 23.1 Å². The normalized spacial score (nSPS) is 12.8. The fourth-order valence-electron chi connectivity index (χ4n) is 5.28. The summed E-state index contributed by atoms with van der Waals surface area (Å²) in [6, 6.07) is 0. The molecule has 0 heterocycles. The molecule has 0 aromatic carbocycles. The molecule has 4 heteroatoms. The number of unbranched alkanes of at least 4 members (excludes halogenated alkanes) is 16. The molecule has 44 heavy (non-hydrogen) atoms. The fraction of sp³-hybridized carbons (Fsp3) is 0.750. The number of carboxylic acids is 1. The Balaban J connectivity index is 3.87. The Hall–Kier alpha value is -2.10. The number of esters is 1. The molecule has 1 unspecified atom stereocenters. The van der Waals surface area contributed by atoms with Crippen LogP contribution in [0.5, 0.6) is 0 Å². The van der Waals surface area contributed by atoms with Gasteiger partial charge < -0.3 is 9.84 Å². The molecule has 0 aliphatic carbocycles. The van der Waals surface area contributed by atoms with Gasteiger partial charge in [-0.1, -0.05) is 140 Å². The third-order valence-electron chi connectivity index (χ3n) is 8.05. The Labute approximate surface area is 272 Å². The Morgan fingerprint density at radius 2 is 0.886 bits per heavy atom. The second kappa shape index (κ2) is 35.4. The summed E-state index contributed by atoms with van der Waals surface area (Å²) in [4.78, 5) is 23.2. The molecule has 1 N–H and O–H groups in total. The van der Waals surface area contributed by atoms with Crippen molar-refractivity contribution < 1.29 is 19.4 Å². The van der Waals surface area contributed by atoms with Crippen molar-refractivity contribution in [3.63, 3.8) is 0 Å². The Morgan fingerprint density at radius 1 is 0.500 bits per heavy atom. The third kappa shape index (κ3) is 34.4. The van der Waals surface area contributed by atoms with E-state index in [-0.39, 0.29) is 18.5 Å². The van der Waals surface area contributed by atoms with E-state index in [2.05, 4.69) is 62.5 Å². The van der Waals surface area contributed by atoms with Crippen molar-refractivity contribution in [3.8, 4) is 0 Å². The van der Waals surface area contributed by atoms with Crippen LogP contribution in [0.15, 0.2) is 48.6 Å². The number of carbonyl (C=O) groups is 2. The molecule has 0 aromatic heterocycles. The van der Waals surface area contributed by atoms with Gasteiger partial charge in [0.15, 0.2) is 0 Å². The van der Waals surface area contributed by atoms with Gasteiger partial charge in [-0.2, -0.15) is 0 Å². The zero-order valence-corrected chi connectivity index (χ0v) is 29.0. The first-order valence-corrected chi connectivity index (χ1v) is 18.6. The van der Waals surface area contributed by atoms with Crippen molar-refractivity contribution in [2.45, 2.75) is 193 Å². The molecule has 0 bridgehead atoms. The number of hydrogen-bond acceptors (Lipinski definition) is 3. The van der Waals surface area contributed by atoms with Gasteiger partial charge in [0.25, 0.3) is 0 Å². The van der Waals surface area contributed by atoms with Gasteiger partial charge in [0.05, 0.1) is 0 Å². The highest BCUT2D eigenvalue weighted by atomic mass is 16.5.